The maximum Gasteiger partial charge on any atom is 0.224 e. The van der Waals surface area contributed by atoms with Crippen molar-refractivity contribution in [1.82, 2.24) is 4.90 Å². The fraction of sp³-hybridized carbons (Fsp3) is 0.364. The first kappa shape index (κ1) is 18.2. The van der Waals surface area contributed by atoms with Crippen LogP contribution in [0.4, 0.5) is 5.69 Å². The molecule has 4 heteroatoms. The lowest BCUT2D eigenvalue weighted by Crippen LogP contribution is -2.31. The second-order valence-corrected chi connectivity index (χ2v) is 6.76. The number of nitrogens with one attached hydrogen (secondary N) is 1. The van der Waals surface area contributed by atoms with Crippen molar-refractivity contribution in [3.05, 3.63) is 65.7 Å². The van der Waals surface area contributed by atoms with Crippen LogP contribution in [-0.4, -0.2) is 23.3 Å². The molecule has 1 aliphatic rings. The average Bonchev–Trinajstić information content (AvgIpc) is 3.17. The number of hydrogen-bond acceptors (Lipinski definition) is 2. The van der Waals surface area contributed by atoms with E-state index in [1.54, 1.807) is 0 Å². The molecule has 3 rings (SSSR count). The molecular weight excluding hydrogens is 324 g/mol. The van der Waals surface area contributed by atoms with Crippen molar-refractivity contribution in [3.8, 4) is 0 Å². The number of hydrogen-bond donors (Lipinski definition) is 1. The average molecular weight is 350 g/mol. The molecule has 1 aliphatic heterocycles. The molecule has 0 aliphatic carbocycles. The molecular formula is C22H26N2O2. The highest BCUT2D eigenvalue weighted by molar-refractivity contribution is 5.93. The zero-order valence-electron chi connectivity index (χ0n) is 15.3. The summed E-state index contributed by atoms with van der Waals surface area (Å²) in [7, 11) is 0. The largest absolute Gasteiger partial charge is 0.336 e. The van der Waals surface area contributed by atoms with Crippen LogP contribution in [0.5, 0.6) is 0 Å². The Morgan fingerprint density at radius 2 is 1.88 bits per heavy atom. The van der Waals surface area contributed by atoms with Crippen LogP contribution in [0.2, 0.25) is 0 Å². The normalized spacial score (nSPS) is 16.5. The summed E-state index contributed by atoms with van der Waals surface area (Å²) >= 11 is 0. The topological polar surface area (TPSA) is 49.4 Å². The van der Waals surface area contributed by atoms with Gasteiger partial charge in [0.15, 0.2) is 0 Å². The van der Waals surface area contributed by atoms with Gasteiger partial charge in [-0.05, 0) is 42.5 Å². The van der Waals surface area contributed by atoms with E-state index < -0.39 is 0 Å². The number of carbonyl (C=O) groups is 2. The first-order valence-corrected chi connectivity index (χ1v) is 9.40. The molecule has 1 fully saturated rings. The fourth-order valence-corrected chi connectivity index (χ4v) is 3.54. The lowest BCUT2D eigenvalue weighted by Gasteiger charge is -2.25. The van der Waals surface area contributed by atoms with Crippen LogP contribution < -0.4 is 5.32 Å². The molecule has 2 aromatic rings. The first-order valence-electron chi connectivity index (χ1n) is 9.40. The quantitative estimate of drug-likeness (QED) is 0.843. The molecule has 0 radical (unpaired) electrons. The van der Waals surface area contributed by atoms with E-state index in [2.05, 4.69) is 24.4 Å². The Kier molecular flexibility index (Phi) is 6.05. The van der Waals surface area contributed by atoms with Crippen LogP contribution in [0, 0.1) is 0 Å². The monoisotopic (exact) mass is 350 g/mol. The van der Waals surface area contributed by atoms with Gasteiger partial charge in [0.2, 0.25) is 11.8 Å². The Bertz CT molecular complexity index is 758. The molecule has 1 heterocycles. The summed E-state index contributed by atoms with van der Waals surface area (Å²) in [6.45, 7) is 2.86. The minimum atomic E-state index is -0.109. The van der Waals surface area contributed by atoms with E-state index in [4.69, 9.17) is 0 Å². The van der Waals surface area contributed by atoms with Crippen molar-refractivity contribution >= 4 is 17.5 Å². The predicted octanol–water partition coefficient (Wildman–Crippen LogP) is 4.33. The number of likely N-dealkylation sites (tertiary alicyclic amines) is 1. The van der Waals surface area contributed by atoms with E-state index in [0.717, 1.165) is 31.5 Å². The van der Waals surface area contributed by atoms with E-state index in [-0.39, 0.29) is 30.7 Å². The standard InChI is InChI=1S/C22H26N2O2/c1-2-17-8-6-11-19(16-17)23-21(25)13-14-22(26)24-15-7-12-20(24)18-9-4-3-5-10-18/h3-6,8-11,16,20H,2,7,12-15H2,1H3,(H,23,25). The summed E-state index contributed by atoms with van der Waals surface area (Å²) < 4.78 is 0. The summed E-state index contributed by atoms with van der Waals surface area (Å²) in [6.07, 6.45) is 3.40. The zero-order valence-corrected chi connectivity index (χ0v) is 15.3. The van der Waals surface area contributed by atoms with Crippen molar-refractivity contribution in [1.29, 1.82) is 0 Å². The molecule has 26 heavy (non-hydrogen) atoms. The maximum absolute atomic E-state index is 12.6. The van der Waals surface area contributed by atoms with Crippen molar-refractivity contribution in [2.24, 2.45) is 0 Å². The number of benzene rings is 2. The first-order chi connectivity index (χ1) is 12.7. The zero-order chi connectivity index (χ0) is 18.4. The minimum Gasteiger partial charge on any atom is -0.336 e. The molecule has 0 saturated carbocycles. The number of aryl methyl sites for hydroxylation is 1. The van der Waals surface area contributed by atoms with E-state index in [0.29, 0.717) is 0 Å². The van der Waals surface area contributed by atoms with Gasteiger partial charge in [-0.25, -0.2) is 0 Å². The minimum absolute atomic E-state index is 0.0637. The molecule has 1 saturated heterocycles. The number of rotatable bonds is 6. The molecule has 1 N–H and O–H groups in total. The number of amides is 2. The Morgan fingerprint density at radius 1 is 1.08 bits per heavy atom. The Balaban J connectivity index is 1.53. The molecule has 2 aromatic carbocycles. The Labute approximate surface area is 155 Å². The molecule has 0 aromatic heterocycles. The van der Waals surface area contributed by atoms with Crippen molar-refractivity contribution in [2.45, 2.75) is 45.1 Å². The van der Waals surface area contributed by atoms with Gasteiger partial charge in [-0.15, -0.1) is 0 Å². The van der Waals surface area contributed by atoms with Gasteiger partial charge < -0.3 is 10.2 Å². The van der Waals surface area contributed by atoms with Gasteiger partial charge in [-0.3, -0.25) is 9.59 Å². The fourth-order valence-electron chi connectivity index (χ4n) is 3.54. The van der Waals surface area contributed by atoms with E-state index >= 15 is 0 Å². The van der Waals surface area contributed by atoms with Crippen LogP contribution >= 0.6 is 0 Å². The van der Waals surface area contributed by atoms with Crippen molar-refractivity contribution < 1.29 is 9.59 Å². The van der Waals surface area contributed by atoms with Gasteiger partial charge in [0.1, 0.15) is 0 Å². The highest BCUT2D eigenvalue weighted by atomic mass is 16.2. The SMILES string of the molecule is CCc1cccc(NC(=O)CCC(=O)N2CCCC2c2ccccc2)c1. The smallest absolute Gasteiger partial charge is 0.224 e. The van der Waals surface area contributed by atoms with Gasteiger partial charge >= 0.3 is 0 Å². The number of nitrogens with zero attached hydrogens (tertiary/aromatic N) is 1. The molecule has 0 bridgehead atoms. The summed E-state index contributed by atoms with van der Waals surface area (Å²) in [5, 5.41) is 2.90. The van der Waals surface area contributed by atoms with Gasteiger partial charge in [0, 0.05) is 25.1 Å². The predicted molar refractivity (Wildman–Crippen MR) is 104 cm³/mol. The maximum atomic E-state index is 12.6. The van der Waals surface area contributed by atoms with Gasteiger partial charge in [-0.1, -0.05) is 49.4 Å². The third-order valence-electron chi connectivity index (χ3n) is 4.94. The molecule has 1 unspecified atom stereocenters. The van der Waals surface area contributed by atoms with Crippen LogP contribution in [0.25, 0.3) is 0 Å². The Hall–Kier alpha value is -2.62. The summed E-state index contributed by atoms with van der Waals surface area (Å²) in [5.74, 6) is -0.0455. The van der Waals surface area contributed by atoms with E-state index in [9.17, 15) is 9.59 Å². The van der Waals surface area contributed by atoms with Gasteiger partial charge in [0.25, 0.3) is 0 Å². The van der Waals surface area contributed by atoms with E-state index in [1.807, 2.05) is 47.4 Å². The lowest BCUT2D eigenvalue weighted by atomic mass is 10.0. The Morgan fingerprint density at radius 3 is 2.65 bits per heavy atom. The van der Waals surface area contributed by atoms with Crippen molar-refractivity contribution in [3.63, 3.8) is 0 Å². The molecule has 2 amide bonds. The summed E-state index contributed by atoms with van der Waals surface area (Å²) in [5.41, 5.74) is 3.16. The summed E-state index contributed by atoms with van der Waals surface area (Å²) in [4.78, 5) is 26.8. The van der Waals surface area contributed by atoms with Gasteiger partial charge in [-0.2, -0.15) is 0 Å². The van der Waals surface area contributed by atoms with Crippen LogP contribution in [0.1, 0.15) is 49.8 Å². The highest BCUT2D eigenvalue weighted by Crippen LogP contribution is 2.32. The van der Waals surface area contributed by atoms with E-state index in [1.165, 1.54) is 11.1 Å². The van der Waals surface area contributed by atoms with Crippen LogP contribution in [-0.2, 0) is 16.0 Å². The third-order valence-corrected chi connectivity index (χ3v) is 4.94. The molecule has 4 nitrogen and oxygen atoms in total. The second kappa shape index (κ2) is 8.65. The molecule has 1 atom stereocenters. The molecule has 0 spiro atoms. The third kappa shape index (κ3) is 4.51. The lowest BCUT2D eigenvalue weighted by molar-refractivity contribution is -0.133. The molecule has 136 valence electrons. The van der Waals surface area contributed by atoms with Crippen molar-refractivity contribution in [2.75, 3.05) is 11.9 Å². The number of anilines is 1. The summed E-state index contributed by atoms with van der Waals surface area (Å²) in [6, 6.07) is 18.1. The van der Waals surface area contributed by atoms with Crippen LogP contribution in [0.3, 0.4) is 0 Å². The highest BCUT2D eigenvalue weighted by Gasteiger charge is 2.29. The second-order valence-electron chi connectivity index (χ2n) is 6.76. The van der Waals surface area contributed by atoms with Gasteiger partial charge in [0.05, 0.1) is 6.04 Å². The van der Waals surface area contributed by atoms with Crippen LogP contribution in [0.15, 0.2) is 54.6 Å². The number of carbonyl (C=O) groups excluding carboxylic acids is 2.